The van der Waals surface area contributed by atoms with E-state index >= 15 is 0 Å². The van der Waals surface area contributed by atoms with Crippen LogP contribution in [-0.2, 0) is 11.4 Å². The first-order valence-corrected chi connectivity index (χ1v) is 11.1. The summed E-state index contributed by atoms with van der Waals surface area (Å²) in [6.45, 7) is 2.37. The summed E-state index contributed by atoms with van der Waals surface area (Å²) in [5.41, 5.74) is 3.56. The smallest absolute Gasteiger partial charge is 0.264 e. The van der Waals surface area contributed by atoms with E-state index in [1.54, 1.807) is 7.11 Å². The molecule has 0 saturated carbocycles. The van der Waals surface area contributed by atoms with Gasteiger partial charge in [-0.15, -0.1) is 0 Å². The summed E-state index contributed by atoms with van der Waals surface area (Å²) < 4.78 is 11.2. The largest absolute Gasteiger partial charge is 0.494 e. The zero-order valence-electron chi connectivity index (χ0n) is 17.6. The molecule has 32 heavy (non-hydrogen) atoms. The number of carbonyl (C=O) groups is 1. The topological polar surface area (TPSA) is 59.9 Å². The number of nitrogens with one attached hydrogen (secondary N) is 1. The molecule has 162 valence electrons. The van der Waals surface area contributed by atoms with Gasteiger partial charge in [0, 0.05) is 10.6 Å². The number of amides is 1. The van der Waals surface area contributed by atoms with E-state index in [0.717, 1.165) is 22.4 Å². The molecule has 3 aromatic rings. The molecule has 0 radical (unpaired) electrons. The Balaban J connectivity index is 1.44. The Labute approximate surface area is 196 Å². The molecule has 1 saturated heterocycles. The maximum absolute atomic E-state index is 12.4. The number of aryl methyl sites for hydroxylation is 1. The second kappa shape index (κ2) is 9.94. The van der Waals surface area contributed by atoms with Gasteiger partial charge < -0.3 is 14.8 Å². The number of hydrogen-bond donors (Lipinski definition) is 1. The highest BCUT2D eigenvalue weighted by molar-refractivity contribution is 8.18. The number of thioether (sulfide) groups is 1. The molecule has 3 aromatic carbocycles. The van der Waals surface area contributed by atoms with Crippen molar-refractivity contribution in [3.8, 4) is 11.5 Å². The second-order valence-corrected chi connectivity index (χ2v) is 8.54. The molecule has 0 bridgehead atoms. The minimum absolute atomic E-state index is 0.181. The van der Waals surface area contributed by atoms with Gasteiger partial charge in [-0.25, -0.2) is 4.99 Å². The minimum Gasteiger partial charge on any atom is -0.494 e. The van der Waals surface area contributed by atoms with E-state index in [1.807, 2.05) is 79.7 Å². The van der Waals surface area contributed by atoms with E-state index in [-0.39, 0.29) is 5.91 Å². The Morgan fingerprint density at radius 2 is 1.88 bits per heavy atom. The quantitative estimate of drug-likeness (QED) is 0.446. The van der Waals surface area contributed by atoms with Crippen molar-refractivity contribution in [2.45, 2.75) is 13.5 Å². The highest BCUT2D eigenvalue weighted by Gasteiger charge is 2.24. The number of ether oxygens (including phenoxy) is 2. The molecule has 0 aromatic heterocycles. The van der Waals surface area contributed by atoms with Gasteiger partial charge in [0.05, 0.1) is 12.0 Å². The second-order valence-electron chi connectivity index (χ2n) is 7.11. The monoisotopic (exact) mass is 464 g/mol. The number of benzene rings is 3. The molecule has 1 heterocycles. The molecule has 7 heteroatoms. The molecule has 1 amide bonds. The predicted molar refractivity (Wildman–Crippen MR) is 131 cm³/mol. The summed E-state index contributed by atoms with van der Waals surface area (Å²) in [6, 6.07) is 20.9. The number of carbonyl (C=O) groups excluding carboxylic acids is 1. The lowest BCUT2D eigenvalue weighted by Crippen LogP contribution is -2.19. The number of aliphatic imine (C=N–C) groups is 1. The van der Waals surface area contributed by atoms with Crippen LogP contribution in [0.25, 0.3) is 6.08 Å². The van der Waals surface area contributed by atoms with Gasteiger partial charge in [0.15, 0.2) is 5.17 Å². The van der Waals surface area contributed by atoms with Crippen molar-refractivity contribution in [1.29, 1.82) is 0 Å². The normalized spacial score (nSPS) is 15.8. The van der Waals surface area contributed by atoms with Crippen molar-refractivity contribution in [2.24, 2.45) is 4.99 Å². The molecule has 4 rings (SSSR count). The van der Waals surface area contributed by atoms with Crippen molar-refractivity contribution >= 4 is 46.2 Å². The molecule has 0 atom stereocenters. The van der Waals surface area contributed by atoms with Crippen LogP contribution in [0.2, 0.25) is 5.02 Å². The Hall–Kier alpha value is -3.22. The first-order valence-electron chi connectivity index (χ1n) is 9.92. The van der Waals surface area contributed by atoms with Crippen molar-refractivity contribution < 1.29 is 14.3 Å². The van der Waals surface area contributed by atoms with Crippen molar-refractivity contribution in [3.05, 3.63) is 93.3 Å². The van der Waals surface area contributed by atoms with Crippen molar-refractivity contribution in [2.75, 3.05) is 7.11 Å². The Morgan fingerprint density at radius 3 is 2.62 bits per heavy atom. The molecule has 0 unspecified atom stereocenters. The molecule has 1 fully saturated rings. The first-order chi connectivity index (χ1) is 15.5. The zero-order valence-corrected chi connectivity index (χ0v) is 19.2. The van der Waals surface area contributed by atoms with Crippen molar-refractivity contribution in [3.63, 3.8) is 0 Å². The summed E-state index contributed by atoms with van der Waals surface area (Å²) in [5.74, 6) is 1.20. The lowest BCUT2D eigenvalue weighted by atomic mass is 10.2. The molecule has 0 spiro atoms. The van der Waals surface area contributed by atoms with Gasteiger partial charge >= 0.3 is 0 Å². The maximum Gasteiger partial charge on any atom is 0.264 e. The Kier molecular flexibility index (Phi) is 6.83. The molecule has 1 N–H and O–H groups in total. The third kappa shape index (κ3) is 5.33. The number of hydrogen-bond acceptors (Lipinski definition) is 5. The predicted octanol–water partition coefficient (Wildman–Crippen LogP) is 6.13. The number of amidine groups is 1. The third-order valence-corrected chi connectivity index (χ3v) is 6.02. The summed E-state index contributed by atoms with van der Waals surface area (Å²) in [4.78, 5) is 17.5. The third-order valence-electron chi connectivity index (χ3n) is 4.74. The van der Waals surface area contributed by atoms with Crippen LogP contribution in [-0.4, -0.2) is 18.2 Å². The standard InChI is InChI=1S/C25H21ClN2O3S/c1-16-7-12-22(30-2)21(13-16)27-25-28-24(29)23(32-25)14-17-8-10-19(11-9-17)31-15-18-5-3-4-6-20(18)26/h3-14H,15H2,1-2H3,(H,27,28,29)/b23-14-. The highest BCUT2D eigenvalue weighted by atomic mass is 35.5. The Bertz CT molecular complexity index is 1210. The van der Waals surface area contributed by atoms with Crippen LogP contribution in [0.1, 0.15) is 16.7 Å². The molecule has 5 nitrogen and oxygen atoms in total. The van der Waals surface area contributed by atoms with Gasteiger partial charge in [0.1, 0.15) is 23.8 Å². The molecule has 0 aliphatic carbocycles. The first kappa shape index (κ1) is 22.0. The molecule has 1 aliphatic heterocycles. The fraction of sp³-hybridized carbons (Fsp3) is 0.120. The average molecular weight is 465 g/mol. The van der Waals surface area contributed by atoms with E-state index < -0.39 is 0 Å². The number of halogens is 1. The van der Waals surface area contributed by atoms with Crippen LogP contribution < -0.4 is 14.8 Å². The van der Waals surface area contributed by atoms with Gasteiger partial charge in [-0.05, 0) is 66.2 Å². The van der Waals surface area contributed by atoms with Gasteiger partial charge in [-0.2, -0.15) is 0 Å². The van der Waals surface area contributed by atoms with Crippen LogP contribution in [0.3, 0.4) is 0 Å². The van der Waals surface area contributed by atoms with Gasteiger partial charge in [-0.1, -0.05) is 48.0 Å². The average Bonchev–Trinajstić information content (AvgIpc) is 3.13. The van der Waals surface area contributed by atoms with E-state index in [0.29, 0.717) is 33.1 Å². The summed E-state index contributed by atoms with van der Waals surface area (Å²) in [5, 5.41) is 4.01. The van der Waals surface area contributed by atoms with Gasteiger partial charge in [0.25, 0.3) is 5.91 Å². The van der Waals surface area contributed by atoms with Gasteiger partial charge in [-0.3, -0.25) is 4.79 Å². The summed E-state index contributed by atoms with van der Waals surface area (Å²) in [6.07, 6.45) is 1.83. The van der Waals surface area contributed by atoms with Crippen LogP contribution in [0, 0.1) is 6.92 Å². The van der Waals surface area contributed by atoms with Crippen LogP contribution in [0.4, 0.5) is 5.69 Å². The fourth-order valence-electron chi connectivity index (χ4n) is 3.07. The van der Waals surface area contributed by atoms with Crippen molar-refractivity contribution in [1.82, 2.24) is 5.32 Å². The van der Waals surface area contributed by atoms with E-state index in [9.17, 15) is 4.79 Å². The van der Waals surface area contributed by atoms with Crippen LogP contribution in [0.15, 0.2) is 76.6 Å². The van der Waals surface area contributed by atoms with Crippen LogP contribution in [0.5, 0.6) is 11.5 Å². The SMILES string of the molecule is COc1ccc(C)cc1N=C1NC(=O)/C(=C/c2ccc(OCc3ccccc3Cl)cc2)S1. The van der Waals surface area contributed by atoms with E-state index in [2.05, 4.69) is 10.3 Å². The lowest BCUT2D eigenvalue weighted by Gasteiger charge is -2.08. The van der Waals surface area contributed by atoms with Gasteiger partial charge in [0.2, 0.25) is 0 Å². The molecule has 1 aliphatic rings. The van der Waals surface area contributed by atoms with E-state index in [1.165, 1.54) is 11.8 Å². The summed E-state index contributed by atoms with van der Waals surface area (Å²) >= 11 is 7.46. The zero-order chi connectivity index (χ0) is 22.5. The van der Waals surface area contributed by atoms with E-state index in [4.69, 9.17) is 21.1 Å². The molecular weight excluding hydrogens is 444 g/mol. The highest BCUT2D eigenvalue weighted by Crippen LogP contribution is 2.33. The fourth-order valence-corrected chi connectivity index (χ4v) is 4.09. The molecular formula is C25H21ClN2O3S. The Morgan fingerprint density at radius 1 is 1.09 bits per heavy atom. The lowest BCUT2D eigenvalue weighted by molar-refractivity contribution is -0.115. The number of rotatable bonds is 6. The maximum atomic E-state index is 12.4. The minimum atomic E-state index is -0.181. The number of nitrogens with zero attached hydrogens (tertiary/aromatic N) is 1. The number of methoxy groups -OCH3 is 1. The summed E-state index contributed by atoms with van der Waals surface area (Å²) in [7, 11) is 1.60. The van der Waals surface area contributed by atoms with Crippen LogP contribution >= 0.6 is 23.4 Å².